The molecule has 3 rings (SSSR count). The fourth-order valence-corrected chi connectivity index (χ4v) is 2.71. The van der Waals surface area contributed by atoms with E-state index >= 15 is 0 Å². The highest BCUT2D eigenvalue weighted by atomic mass is 35.5. The molecular formula is C12H5ClFN5S. The molecule has 5 nitrogen and oxygen atoms in total. The minimum absolute atomic E-state index is 0.0402. The van der Waals surface area contributed by atoms with Crippen LogP contribution in [0.15, 0.2) is 24.4 Å². The molecule has 8 heteroatoms. The van der Waals surface area contributed by atoms with Gasteiger partial charge in [0.2, 0.25) is 0 Å². The average Bonchev–Trinajstić information content (AvgIpc) is 3.09. The van der Waals surface area contributed by atoms with Crippen LogP contribution in [0.5, 0.6) is 0 Å². The SMILES string of the molecule is N#Cc1n[nH]nc1-c1cnc(-c2ccc(F)c(Cl)c2)s1. The van der Waals surface area contributed by atoms with Gasteiger partial charge in [0.05, 0.1) is 9.90 Å². The molecule has 0 fully saturated rings. The second-order valence-electron chi connectivity index (χ2n) is 3.79. The Balaban J connectivity index is 2.02. The molecule has 0 aliphatic heterocycles. The van der Waals surface area contributed by atoms with Gasteiger partial charge in [-0.25, -0.2) is 9.37 Å². The Morgan fingerprint density at radius 1 is 1.35 bits per heavy atom. The molecule has 0 aliphatic carbocycles. The van der Waals surface area contributed by atoms with E-state index in [1.807, 2.05) is 6.07 Å². The van der Waals surface area contributed by atoms with Gasteiger partial charge in [-0.15, -0.1) is 16.4 Å². The van der Waals surface area contributed by atoms with E-state index in [4.69, 9.17) is 16.9 Å². The summed E-state index contributed by atoms with van der Waals surface area (Å²) in [5, 5.41) is 19.7. The second kappa shape index (κ2) is 5.00. The molecule has 0 spiro atoms. The van der Waals surface area contributed by atoms with Crippen molar-refractivity contribution in [2.24, 2.45) is 0 Å². The minimum atomic E-state index is -0.476. The molecule has 0 saturated heterocycles. The zero-order chi connectivity index (χ0) is 14.1. The molecule has 2 heterocycles. The van der Waals surface area contributed by atoms with Crippen LogP contribution in [-0.2, 0) is 0 Å². The van der Waals surface area contributed by atoms with Crippen molar-refractivity contribution < 1.29 is 4.39 Å². The van der Waals surface area contributed by atoms with Gasteiger partial charge in [0.1, 0.15) is 22.6 Å². The lowest BCUT2D eigenvalue weighted by atomic mass is 10.2. The van der Waals surface area contributed by atoms with Crippen LogP contribution in [0, 0.1) is 17.1 Å². The Bertz CT molecular complexity index is 819. The minimum Gasteiger partial charge on any atom is -0.244 e. The number of nitrogens with zero attached hydrogens (tertiary/aromatic N) is 4. The van der Waals surface area contributed by atoms with Gasteiger partial charge >= 0.3 is 0 Å². The van der Waals surface area contributed by atoms with Gasteiger partial charge in [-0.2, -0.15) is 15.6 Å². The van der Waals surface area contributed by atoms with Crippen LogP contribution in [0.25, 0.3) is 21.1 Å². The molecule has 2 aromatic heterocycles. The van der Waals surface area contributed by atoms with E-state index in [1.54, 1.807) is 12.3 Å². The van der Waals surface area contributed by atoms with E-state index in [2.05, 4.69) is 20.4 Å². The first-order chi connectivity index (χ1) is 9.69. The fraction of sp³-hybridized carbons (Fsp3) is 0. The number of nitriles is 1. The van der Waals surface area contributed by atoms with Crippen molar-refractivity contribution in [3.05, 3.63) is 40.9 Å². The van der Waals surface area contributed by atoms with Gasteiger partial charge in [0.15, 0.2) is 5.69 Å². The van der Waals surface area contributed by atoms with Gasteiger partial charge < -0.3 is 0 Å². The standard InChI is InChI=1S/C12H5ClFN5S/c13-7-3-6(1-2-8(7)14)12-16-5-10(20-12)11-9(4-15)17-19-18-11/h1-3,5H,(H,17,18,19). The number of halogens is 2. The molecule has 0 atom stereocenters. The van der Waals surface area contributed by atoms with Crippen molar-refractivity contribution in [3.63, 3.8) is 0 Å². The van der Waals surface area contributed by atoms with Crippen molar-refractivity contribution in [1.29, 1.82) is 5.26 Å². The third kappa shape index (κ3) is 2.15. The summed E-state index contributed by atoms with van der Waals surface area (Å²) >= 11 is 7.07. The van der Waals surface area contributed by atoms with Gasteiger partial charge in [-0.1, -0.05) is 11.6 Å². The Labute approximate surface area is 121 Å². The summed E-state index contributed by atoms with van der Waals surface area (Å²) in [7, 11) is 0. The number of nitrogens with one attached hydrogen (secondary N) is 1. The van der Waals surface area contributed by atoms with Crippen molar-refractivity contribution in [2.75, 3.05) is 0 Å². The lowest BCUT2D eigenvalue weighted by Crippen LogP contribution is -1.79. The number of aromatic nitrogens is 4. The van der Waals surface area contributed by atoms with Crippen LogP contribution in [0.3, 0.4) is 0 Å². The third-order valence-corrected chi connectivity index (χ3v) is 3.90. The van der Waals surface area contributed by atoms with Gasteiger partial charge in [0, 0.05) is 11.8 Å². The third-order valence-electron chi connectivity index (χ3n) is 2.56. The molecule has 0 unspecified atom stereocenters. The van der Waals surface area contributed by atoms with E-state index in [0.29, 0.717) is 21.1 Å². The first-order valence-corrected chi connectivity index (χ1v) is 6.61. The molecule has 0 saturated carbocycles. The van der Waals surface area contributed by atoms with Gasteiger partial charge in [0.25, 0.3) is 0 Å². The van der Waals surface area contributed by atoms with Crippen molar-refractivity contribution >= 4 is 22.9 Å². The van der Waals surface area contributed by atoms with Crippen LogP contribution in [0.4, 0.5) is 4.39 Å². The number of rotatable bonds is 2. The summed E-state index contributed by atoms with van der Waals surface area (Å²) in [6.07, 6.45) is 1.59. The Hall–Kier alpha value is -2.30. The average molecular weight is 306 g/mol. The molecular weight excluding hydrogens is 301 g/mol. The number of hydrogen-bond donors (Lipinski definition) is 1. The largest absolute Gasteiger partial charge is 0.244 e. The number of H-pyrrole nitrogens is 1. The van der Waals surface area contributed by atoms with E-state index < -0.39 is 5.82 Å². The summed E-state index contributed by atoms with van der Waals surface area (Å²) in [5.74, 6) is -0.476. The number of hydrogen-bond acceptors (Lipinski definition) is 5. The highest BCUT2D eigenvalue weighted by Crippen LogP contribution is 2.33. The molecule has 0 radical (unpaired) electrons. The quantitative estimate of drug-likeness (QED) is 0.788. The molecule has 1 aromatic carbocycles. The summed E-state index contributed by atoms with van der Waals surface area (Å²) in [6, 6.07) is 6.33. The van der Waals surface area contributed by atoms with Crippen LogP contribution in [-0.4, -0.2) is 20.4 Å². The van der Waals surface area contributed by atoms with E-state index in [-0.39, 0.29) is 10.7 Å². The molecule has 0 bridgehead atoms. The highest BCUT2D eigenvalue weighted by molar-refractivity contribution is 7.18. The van der Waals surface area contributed by atoms with Gasteiger partial charge in [-0.05, 0) is 18.2 Å². The van der Waals surface area contributed by atoms with Gasteiger partial charge in [-0.3, -0.25) is 0 Å². The zero-order valence-electron chi connectivity index (χ0n) is 9.76. The molecule has 20 heavy (non-hydrogen) atoms. The Morgan fingerprint density at radius 3 is 2.95 bits per heavy atom. The van der Waals surface area contributed by atoms with E-state index in [0.717, 1.165) is 0 Å². The monoisotopic (exact) mass is 305 g/mol. The first kappa shape index (κ1) is 12.7. The van der Waals surface area contributed by atoms with Crippen molar-refractivity contribution in [3.8, 4) is 27.2 Å². The lowest BCUT2D eigenvalue weighted by Gasteiger charge is -1.97. The molecule has 0 aliphatic rings. The normalized spacial score (nSPS) is 10.4. The van der Waals surface area contributed by atoms with Crippen LogP contribution >= 0.6 is 22.9 Å². The Morgan fingerprint density at radius 2 is 2.20 bits per heavy atom. The molecule has 1 N–H and O–H groups in total. The van der Waals surface area contributed by atoms with Crippen molar-refractivity contribution in [1.82, 2.24) is 20.4 Å². The zero-order valence-corrected chi connectivity index (χ0v) is 11.3. The summed E-state index contributed by atoms with van der Waals surface area (Å²) in [5.41, 5.74) is 1.36. The summed E-state index contributed by atoms with van der Waals surface area (Å²) < 4.78 is 13.1. The summed E-state index contributed by atoms with van der Waals surface area (Å²) in [4.78, 5) is 4.93. The first-order valence-electron chi connectivity index (χ1n) is 5.41. The number of thiazole rings is 1. The summed E-state index contributed by atoms with van der Waals surface area (Å²) in [6.45, 7) is 0. The topological polar surface area (TPSA) is 78.2 Å². The maximum absolute atomic E-state index is 13.1. The Kier molecular flexibility index (Phi) is 3.18. The lowest BCUT2D eigenvalue weighted by molar-refractivity contribution is 0.628. The smallest absolute Gasteiger partial charge is 0.191 e. The van der Waals surface area contributed by atoms with Crippen LogP contribution in [0.1, 0.15) is 5.69 Å². The van der Waals surface area contributed by atoms with Crippen molar-refractivity contribution in [2.45, 2.75) is 0 Å². The highest BCUT2D eigenvalue weighted by Gasteiger charge is 2.14. The van der Waals surface area contributed by atoms with Crippen LogP contribution in [0.2, 0.25) is 5.02 Å². The number of benzene rings is 1. The molecule has 98 valence electrons. The van der Waals surface area contributed by atoms with Crippen LogP contribution < -0.4 is 0 Å². The second-order valence-corrected chi connectivity index (χ2v) is 5.23. The predicted octanol–water partition coefficient (Wildman–Crippen LogP) is 3.26. The fourth-order valence-electron chi connectivity index (χ4n) is 1.63. The van der Waals surface area contributed by atoms with E-state index in [9.17, 15) is 4.39 Å². The predicted molar refractivity (Wildman–Crippen MR) is 72.6 cm³/mol. The maximum atomic E-state index is 13.1. The maximum Gasteiger partial charge on any atom is 0.191 e. The number of aromatic amines is 1. The molecule has 3 aromatic rings. The van der Waals surface area contributed by atoms with E-state index in [1.165, 1.54) is 23.5 Å². The molecule has 0 amide bonds.